The molecule has 2 fully saturated rings. The summed E-state index contributed by atoms with van der Waals surface area (Å²) in [6.45, 7) is 0. The SMILES string of the molecule is NC(=O)c1ccc(Nc2nc(NC3CCC(N)CC3)nc3c2ncn3C2CCCC2)cc1. The zero-order valence-corrected chi connectivity index (χ0v) is 18.1. The minimum Gasteiger partial charge on any atom is -0.366 e. The molecule has 2 heterocycles. The molecule has 2 aliphatic rings. The van der Waals surface area contributed by atoms with Crippen LogP contribution in [0.1, 0.15) is 67.8 Å². The maximum Gasteiger partial charge on any atom is 0.248 e. The summed E-state index contributed by atoms with van der Waals surface area (Å²) >= 11 is 0. The van der Waals surface area contributed by atoms with Gasteiger partial charge in [-0.15, -0.1) is 0 Å². The van der Waals surface area contributed by atoms with Gasteiger partial charge >= 0.3 is 0 Å². The number of primary amides is 1. The van der Waals surface area contributed by atoms with Gasteiger partial charge in [0, 0.05) is 29.4 Å². The Bertz CT molecular complexity index is 1100. The Hall–Kier alpha value is -3.20. The van der Waals surface area contributed by atoms with Crippen LogP contribution in [0.3, 0.4) is 0 Å². The molecule has 0 bridgehead atoms. The van der Waals surface area contributed by atoms with Crippen LogP contribution in [0.5, 0.6) is 0 Å². The first-order valence-electron chi connectivity index (χ1n) is 11.5. The standard InChI is InChI=1S/C23H30N8O/c24-15-7-11-17(12-8-15)28-23-29-21(27-16-9-5-14(6-10-16)20(25)32)19-22(30-23)31(13-26-19)18-3-1-2-4-18/h5-6,9-10,13,15,17-18H,1-4,7-8,11-12,24H2,(H2,25,32)(H2,27,28,29,30). The van der Waals surface area contributed by atoms with E-state index in [0.717, 1.165) is 55.4 Å². The van der Waals surface area contributed by atoms with Gasteiger partial charge in [-0.2, -0.15) is 9.97 Å². The highest BCUT2D eigenvalue weighted by Gasteiger charge is 2.24. The van der Waals surface area contributed by atoms with E-state index in [1.165, 1.54) is 12.8 Å². The second-order valence-corrected chi connectivity index (χ2v) is 8.98. The number of rotatable bonds is 6. The molecular formula is C23H30N8O. The van der Waals surface area contributed by atoms with Gasteiger partial charge in [0.1, 0.15) is 0 Å². The van der Waals surface area contributed by atoms with Crippen molar-refractivity contribution in [2.75, 3.05) is 10.6 Å². The normalized spacial score (nSPS) is 21.7. The Labute approximate surface area is 187 Å². The summed E-state index contributed by atoms with van der Waals surface area (Å²) in [5.74, 6) is 0.803. The molecule has 9 heteroatoms. The number of hydrogen-bond donors (Lipinski definition) is 4. The van der Waals surface area contributed by atoms with E-state index in [0.29, 0.717) is 35.5 Å². The van der Waals surface area contributed by atoms with Gasteiger partial charge in [0.2, 0.25) is 11.9 Å². The summed E-state index contributed by atoms with van der Waals surface area (Å²) < 4.78 is 2.20. The summed E-state index contributed by atoms with van der Waals surface area (Å²) in [7, 11) is 0. The van der Waals surface area contributed by atoms with Crippen LogP contribution >= 0.6 is 0 Å². The Morgan fingerprint density at radius 1 is 1.00 bits per heavy atom. The van der Waals surface area contributed by atoms with Crippen molar-refractivity contribution in [3.05, 3.63) is 36.2 Å². The van der Waals surface area contributed by atoms with Gasteiger partial charge in [0.05, 0.1) is 6.33 Å². The molecule has 0 unspecified atom stereocenters. The van der Waals surface area contributed by atoms with E-state index >= 15 is 0 Å². The van der Waals surface area contributed by atoms with Crippen molar-refractivity contribution in [3.63, 3.8) is 0 Å². The molecule has 0 atom stereocenters. The molecule has 0 spiro atoms. The van der Waals surface area contributed by atoms with E-state index in [9.17, 15) is 4.79 Å². The second-order valence-electron chi connectivity index (χ2n) is 8.98. The average Bonchev–Trinajstić information content (AvgIpc) is 3.46. The molecule has 1 aromatic carbocycles. The largest absolute Gasteiger partial charge is 0.366 e. The van der Waals surface area contributed by atoms with Crippen LogP contribution in [-0.4, -0.2) is 37.5 Å². The van der Waals surface area contributed by atoms with E-state index in [4.69, 9.17) is 21.4 Å². The van der Waals surface area contributed by atoms with Gasteiger partial charge in [0.15, 0.2) is 17.0 Å². The molecule has 9 nitrogen and oxygen atoms in total. The minimum atomic E-state index is -0.449. The molecule has 0 radical (unpaired) electrons. The molecule has 2 saturated carbocycles. The third kappa shape index (κ3) is 4.25. The summed E-state index contributed by atoms with van der Waals surface area (Å²) in [6.07, 6.45) is 10.7. The van der Waals surface area contributed by atoms with Gasteiger partial charge in [-0.1, -0.05) is 12.8 Å². The topological polar surface area (TPSA) is 137 Å². The molecule has 2 aliphatic carbocycles. The molecule has 32 heavy (non-hydrogen) atoms. The maximum atomic E-state index is 11.4. The van der Waals surface area contributed by atoms with Gasteiger partial charge in [-0.3, -0.25) is 4.79 Å². The van der Waals surface area contributed by atoms with Crippen molar-refractivity contribution in [1.29, 1.82) is 0 Å². The molecule has 0 saturated heterocycles. The quantitative estimate of drug-likeness (QED) is 0.466. The number of aromatic nitrogens is 4. The van der Waals surface area contributed by atoms with Crippen molar-refractivity contribution in [2.24, 2.45) is 11.5 Å². The number of imidazole rings is 1. The Kier molecular flexibility index (Phi) is 5.65. The predicted octanol–water partition coefficient (Wildman–Crippen LogP) is 3.47. The number of anilines is 3. The maximum absolute atomic E-state index is 11.4. The van der Waals surface area contributed by atoms with Crippen LogP contribution in [0.15, 0.2) is 30.6 Å². The number of carbonyl (C=O) groups is 1. The molecular weight excluding hydrogens is 404 g/mol. The van der Waals surface area contributed by atoms with Gasteiger partial charge in [-0.25, -0.2) is 4.98 Å². The van der Waals surface area contributed by atoms with Gasteiger partial charge in [-0.05, 0) is 62.8 Å². The highest BCUT2D eigenvalue weighted by Crippen LogP contribution is 2.34. The second kappa shape index (κ2) is 8.74. The highest BCUT2D eigenvalue weighted by atomic mass is 16.1. The van der Waals surface area contributed by atoms with Crippen LogP contribution in [0, 0.1) is 0 Å². The summed E-state index contributed by atoms with van der Waals surface area (Å²) in [5, 5.41) is 6.89. The number of benzene rings is 1. The third-order valence-corrected chi connectivity index (χ3v) is 6.68. The van der Waals surface area contributed by atoms with Gasteiger partial charge < -0.3 is 26.7 Å². The van der Waals surface area contributed by atoms with Crippen molar-refractivity contribution in [3.8, 4) is 0 Å². The van der Waals surface area contributed by atoms with Crippen LogP contribution in [0.2, 0.25) is 0 Å². The Balaban J connectivity index is 1.48. The summed E-state index contributed by atoms with van der Waals surface area (Å²) in [6, 6.07) is 8.07. The van der Waals surface area contributed by atoms with E-state index in [1.807, 2.05) is 18.5 Å². The summed E-state index contributed by atoms with van der Waals surface area (Å²) in [4.78, 5) is 25.7. The monoisotopic (exact) mass is 434 g/mol. The molecule has 6 N–H and O–H groups in total. The third-order valence-electron chi connectivity index (χ3n) is 6.68. The molecule has 168 valence electrons. The number of hydrogen-bond acceptors (Lipinski definition) is 7. The molecule has 0 aliphatic heterocycles. The van der Waals surface area contributed by atoms with Crippen LogP contribution < -0.4 is 22.1 Å². The Morgan fingerprint density at radius 2 is 1.72 bits per heavy atom. The van der Waals surface area contributed by atoms with E-state index in [1.54, 1.807) is 12.1 Å². The van der Waals surface area contributed by atoms with E-state index in [2.05, 4.69) is 20.2 Å². The number of fused-ring (bicyclic) bond motifs is 1. The predicted molar refractivity (Wildman–Crippen MR) is 125 cm³/mol. The van der Waals surface area contributed by atoms with Crippen LogP contribution in [-0.2, 0) is 0 Å². The smallest absolute Gasteiger partial charge is 0.248 e. The summed E-state index contributed by atoms with van der Waals surface area (Å²) in [5.41, 5.74) is 14.3. The molecule has 2 aromatic heterocycles. The fourth-order valence-electron chi connectivity index (χ4n) is 4.82. The lowest BCUT2D eigenvalue weighted by atomic mass is 9.92. The van der Waals surface area contributed by atoms with Crippen molar-refractivity contribution in [2.45, 2.75) is 69.5 Å². The molecule has 1 amide bonds. The first-order chi connectivity index (χ1) is 15.6. The molecule has 3 aromatic rings. The van der Waals surface area contributed by atoms with E-state index in [-0.39, 0.29) is 0 Å². The highest BCUT2D eigenvalue weighted by molar-refractivity contribution is 5.93. The van der Waals surface area contributed by atoms with Crippen LogP contribution in [0.4, 0.5) is 17.5 Å². The zero-order chi connectivity index (χ0) is 22.1. The van der Waals surface area contributed by atoms with Crippen molar-refractivity contribution in [1.82, 2.24) is 19.5 Å². The number of amides is 1. The average molecular weight is 435 g/mol. The van der Waals surface area contributed by atoms with Gasteiger partial charge in [0.25, 0.3) is 0 Å². The number of carbonyl (C=O) groups excluding carboxylic acids is 1. The van der Waals surface area contributed by atoms with Crippen LogP contribution in [0.25, 0.3) is 11.2 Å². The van der Waals surface area contributed by atoms with Crippen molar-refractivity contribution >= 4 is 34.5 Å². The fourth-order valence-corrected chi connectivity index (χ4v) is 4.82. The lowest BCUT2D eigenvalue weighted by Gasteiger charge is -2.27. The lowest BCUT2D eigenvalue weighted by molar-refractivity contribution is 0.100. The van der Waals surface area contributed by atoms with Crippen molar-refractivity contribution < 1.29 is 4.79 Å². The zero-order valence-electron chi connectivity index (χ0n) is 18.1. The number of nitrogens with one attached hydrogen (secondary N) is 2. The Morgan fingerprint density at radius 3 is 2.41 bits per heavy atom. The fraction of sp³-hybridized carbons (Fsp3) is 0.478. The minimum absolute atomic E-state index is 0.292. The van der Waals surface area contributed by atoms with E-state index < -0.39 is 5.91 Å². The first kappa shape index (κ1) is 20.7. The molecule has 5 rings (SSSR count). The first-order valence-corrected chi connectivity index (χ1v) is 11.5. The number of nitrogens with two attached hydrogens (primary N) is 2. The lowest BCUT2D eigenvalue weighted by Crippen LogP contribution is -2.33. The number of nitrogens with zero attached hydrogens (tertiary/aromatic N) is 4.